The van der Waals surface area contributed by atoms with Crippen molar-refractivity contribution in [3.8, 4) is 0 Å². The Morgan fingerprint density at radius 3 is 2.47 bits per heavy atom. The first-order chi connectivity index (χ1) is 8.97. The van der Waals surface area contributed by atoms with Gasteiger partial charge in [-0.25, -0.2) is 0 Å². The van der Waals surface area contributed by atoms with Gasteiger partial charge in [0.05, 0.1) is 12.4 Å². The molecule has 0 spiro atoms. The first-order valence-electron chi connectivity index (χ1n) is 5.98. The van der Waals surface area contributed by atoms with Gasteiger partial charge in [-0.05, 0) is 6.92 Å². The number of nitrogens with one attached hydrogen (secondary N) is 2. The van der Waals surface area contributed by atoms with E-state index in [1.54, 1.807) is 6.92 Å². The van der Waals surface area contributed by atoms with Crippen LogP contribution in [0.1, 0.15) is 13.8 Å². The van der Waals surface area contributed by atoms with Crippen molar-refractivity contribution in [2.24, 2.45) is 5.73 Å². The highest BCUT2D eigenvalue weighted by Crippen LogP contribution is 2.02. The lowest BCUT2D eigenvalue weighted by Gasteiger charge is -2.10. The van der Waals surface area contributed by atoms with E-state index in [1.807, 2.05) is 0 Å². The lowest BCUT2D eigenvalue weighted by Crippen LogP contribution is -2.36. The number of nitrogens with two attached hydrogens (primary N) is 1. The van der Waals surface area contributed by atoms with E-state index in [1.165, 1.54) is 18.7 Å². The van der Waals surface area contributed by atoms with Gasteiger partial charge in [-0.15, -0.1) is 11.8 Å². The van der Waals surface area contributed by atoms with E-state index >= 15 is 0 Å². The first kappa shape index (κ1) is 17.7. The summed E-state index contributed by atoms with van der Waals surface area (Å²) < 4.78 is 4.75. The molecule has 19 heavy (non-hydrogen) atoms. The van der Waals surface area contributed by atoms with Gasteiger partial charge in [0.15, 0.2) is 0 Å². The number of carbonyl (C=O) groups is 3. The molecular formula is C11H21N3O4S. The second-order valence-corrected chi connectivity index (χ2v) is 4.74. The van der Waals surface area contributed by atoms with Crippen LogP contribution in [0.25, 0.3) is 0 Å². The molecule has 0 heterocycles. The second-order valence-electron chi connectivity index (χ2n) is 3.71. The van der Waals surface area contributed by atoms with Crippen LogP contribution in [0.15, 0.2) is 0 Å². The zero-order valence-corrected chi connectivity index (χ0v) is 12.0. The van der Waals surface area contributed by atoms with Crippen molar-refractivity contribution in [1.29, 1.82) is 0 Å². The molecule has 0 bridgehead atoms. The van der Waals surface area contributed by atoms with Gasteiger partial charge in [0.1, 0.15) is 6.04 Å². The smallest absolute Gasteiger partial charge is 0.323 e. The minimum absolute atomic E-state index is 0.135. The molecule has 0 saturated heterocycles. The molecule has 0 aromatic carbocycles. The summed E-state index contributed by atoms with van der Waals surface area (Å²) >= 11 is 1.26. The predicted molar refractivity (Wildman–Crippen MR) is 73.6 cm³/mol. The van der Waals surface area contributed by atoms with Gasteiger partial charge in [-0.2, -0.15) is 0 Å². The maximum Gasteiger partial charge on any atom is 0.323 e. The minimum Gasteiger partial charge on any atom is -0.465 e. The van der Waals surface area contributed by atoms with Crippen molar-refractivity contribution in [1.82, 2.24) is 10.6 Å². The Bertz CT molecular complexity index is 312. The lowest BCUT2D eigenvalue weighted by atomic mass is 10.4. The summed E-state index contributed by atoms with van der Waals surface area (Å²) in [4.78, 5) is 33.1. The van der Waals surface area contributed by atoms with E-state index in [2.05, 4.69) is 10.6 Å². The summed E-state index contributed by atoms with van der Waals surface area (Å²) in [6.45, 7) is 4.19. The van der Waals surface area contributed by atoms with E-state index in [-0.39, 0.29) is 17.6 Å². The van der Waals surface area contributed by atoms with Crippen molar-refractivity contribution in [3.63, 3.8) is 0 Å². The maximum atomic E-state index is 11.4. The predicted octanol–water partition coefficient (Wildman–Crippen LogP) is -1.14. The molecule has 1 unspecified atom stereocenters. The third-order valence-electron chi connectivity index (χ3n) is 1.94. The lowest BCUT2D eigenvalue weighted by molar-refractivity contribution is -0.144. The Labute approximate surface area is 117 Å². The van der Waals surface area contributed by atoms with Crippen molar-refractivity contribution >= 4 is 29.5 Å². The molecule has 4 N–H and O–H groups in total. The number of ether oxygens (including phenoxy) is 1. The number of rotatable bonds is 9. The number of esters is 1. The van der Waals surface area contributed by atoms with E-state index in [4.69, 9.17) is 10.5 Å². The SMILES string of the molecule is CCOC(=O)C(N)CSCC(=O)NCCNC(C)=O. The molecule has 0 rings (SSSR count). The maximum absolute atomic E-state index is 11.4. The van der Waals surface area contributed by atoms with E-state index in [9.17, 15) is 14.4 Å². The van der Waals surface area contributed by atoms with Crippen LogP contribution in [0, 0.1) is 0 Å². The Morgan fingerprint density at radius 1 is 1.26 bits per heavy atom. The van der Waals surface area contributed by atoms with E-state index in [0.29, 0.717) is 25.4 Å². The number of carbonyl (C=O) groups excluding carboxylic acids is 3. The highest BCUT2D eigenvalue weighted by atomic mass is 32.2. The fourth-order valence-electron chi connectivity index (χ4n) is 1.09. The molecule has 7 nitrogen and oxygen atoms in total. The summed E-state index contributed by atoms with van der Waals surface area (Å²) in [7, 11) is 0. The molecule has 0 aromatic heterocycles. The van der Waals surface area contributed by atoms with Crippen LogP contribution >= 0.6 is 11.8 Å². The van der Waals surface area contributed by atoms with Crippen molar-refractivity contribution in [3.05, 3.63) is 0 Å². The van der Waals surface area contributed by atoms with Gasteiger partial charge in [0.2, 0.25) is 11.8 Å². The van der Waals surface area contributed by atoms with Crippen LogP contribution in [-0.2, 0) is 19.1 Å². The number of thioether (sulfide) groups is 1. The molecule has 1 atom stereocenters. The molecule has 2 amide bonds. The standard InChI is InChI=1S/C11H21N3O4S/c1-3-18-11(17)9(12)6-19-7-10(16)14-5-4-13-8(2)15/h9H,3-7,12H2,1-2H3,(H,13,15)(H,14,16). The average Bonchev–Trinajstić information content (AvgIpc) is 2.34. The first-order valence-corrected chi connectivity index (χ1v) is 7.14. The van der Waals surface area contributed by atoms with Crippen LogP contribution in [-0.4, -0.2) is 55.0 Å². The highest BCUT2D eigenvalue weighted by Gasteiger charge is 2.14. The largest absolute Gasteiger partial charge is 0.465 e. The molecule has 0 aliphatic carbocycles. The van der Waals surface area contributed by atoms with Crippen LogP contribution < -0.4 is 16.4 Å². The third-order valence-corrected chi connectivity index (χ3v) is 3.00. The van der Waals surface area contributed by atoms with Crippen molar-refractivity contribution in [2.45, 2.75) is 19.9 Å². The number of hydrogen-bond donors (Lipinski definition) is 3. The third kappa shape index (κ3) is 10.3. The zero-order valence-electron chi connectivity index (χ0n) is 11.2. The molecule has 0 radical (unpaired) electrons. The Hall–Kier alpha value is -1.28. The molecule has 0 aliphatic rings. The van der Waals surface area contributed by atoms with Crippen LogP contribution in [0.3, 0.4) is 0 Å². The topological polar surface area (TPSA) is 111 Å². The molecule has 110 valence electrons. The highest BCUT2D eigenvalue weighted by molar-refractivity contribution is 8.00. The molecular weight excluding hydrogens is 270 g/mol. The Kier molecular flexibility index (Phi) is 9.91. The van der Waals surface area contributed by atoms with Gasteiger partial charge in [-0.3, -0.25) is 14.4 Å². The van der Waals surface area contributed by atoms with Crippen LogP contribution in [0.2, 0.25) is 0 Å². The van der Waals surface area contributed by atoms with Gasteiger partial charge in [0, 0.05) is 25.8 Å². The molecule has 0 aromatic rings. The molecule has 0 aliphatic heterocycles. The fraction of sp³-hybridized carbons (Fsp3) is 0.727. The average molecular weight is 291 g/mol. The zero-order chi connectivity index (χ0) is 14.7. The van der Waals surface area contributed by atoms with Gasteiger partial charge in [0.25, 0.3) is 0 Å². The van der Waals surface area contributed by atoms with Crippen LogP contribution in [0.5, 0.6) is 0 Å². The summed E-state index contributed by atoms with van der Waals surface area (Å²) in [5.41, 5.74) is 5.57. The van der Waals surface area contributed by atoms with Gasteiger partial charge >= 0.3 is 5.97 Å². The summed E-state index contributed by atoms with van der Waals surface area (Å²) in [5.74, 6) is -0.206. The minimum atomic E-state index is -0.711. The van der Waals surface area contributed by atoms with Gasteiger partial charge in [-0.1, -0.05) is 0 Å². The summed E-state index contributed by atoms with van der Waals surface area (Å²) in [6.07, 6.45) is 0. The number of amides is 2. The summed E-state index contributed by atoms with van der Waals surface area (Å²) in [6, 6.07) is -0.711. The normalized spacial score (nSPS) is 11.5. The molecule has 0 saturated carbocycles. The van der Waals surface area contributed by atoms with Crippen LogP contribution in [0.4, 0.5) is 0 Å². The summed E-state index contributed by atoms with van der Waals surface area (Å²) in [5, 5.41) is 5.20. The quantitative estimate of drug-likeness (QED) is 0.366. The van der Waals surface area contributed by atoms with Crippen molar-refractivity contribution in [2.75, 3.05) is 31.2 Å². The van der Waals surface area contributed by atoms with Gasteiger partial charge < -0.3 is 21.1 Å². The monoisotopic (exact) mass is 291 g/mol. The number of hydrogen-bond acceptors (Lipinski definition) is 6. The molecule has 8 heteroatoms. The van der Waals surface area contributed by atoms with E-state index in [0.717, 1.165) is 0 Å². The fourth-order valence-corrected chi connectivity index (χ4v) is 1.88. The molecule has 0 fully saturated rings. The van der Waals surface area contributed by atoms with E-state index < -0.39 is 12.0 Å². The van der Waals surface area contributed by atoms with Crippen molar-refractivity contribution < 1.29 is 19.1 Å². The Morgan fingerprint density at radius 2 is 1.89 bits per heavy atom. The second kappa shape index (κ2) is 10.6. The Balaban J connectivity index is 3.57.